The zero-order valence-electron chi connectivity index (χ0n) is 4.98. The van der Waals surface area contributed by atoms with Crippen LogP contribution in [0.25, 0.3) is 5.41 Å². The molecule has 0 saturated heterocycles. The van der Waals surface area contributed by atoms with Gasteiger partial charge in [-0.25, -0.2) is 0 Å². The van der Waals surface area contributed by atoms with Gasteiger partial charge in [-0.2, -0.15) is 0 Å². The van der Waals surface area contributed by atoms with Crippen molar-refractivity contribution in [1.29, 1.82) is 5.41 Å². The fraction of sp³-hybridized carbons (Fsp3) is 0.200. The van der Waals surface area contributed by atoms with Crippen molar-refractivity contribution in [1.82, 2.24) is 0 Å². The molecule has 3 N–H and O–H groups in total. The first-order chi connectivity index (χ1) is 4.04. The lowest BCUT2D eigenvalue weighted by Crippen LogP contribution is -2.10. The van der Waals surface area contributed by atoms with Gasteiger partial charge in [0.25, 0.3) is 0 Å². The Bertz CT molecular complexity index is 171. The summed E-state index contributed by atoms with van der Waals surface area (Å²) in [6.07, 6.45) is 1.21. The summed E-state index contributed by atoms with van der Waals surface area (Å²) in [5, 5.41) is 14.9. The summed E-state index contributed by atoms with van der Waals surface area (Å²) < 4.78 is 0. The van der Waals surface area contributed by atoms with Crippen LogP contribution in [0.1, 0.15) is 6.92 Å². The zero-order chi connectivity index (χ0) is 7.44. The normalized spacial score (nSPS) is 11.1. The van der Waals surface area contributed by atoms with Crippen molar-refractivity contribution in [2.75, 3.05) is 0 Å². The number of rotatable bonds is 2. The molecule has 0 aromatic carbocycles. The van der Waals surface area contributed by atoms with Gasteiger partial charge >= 0.3 is 0 Å². The van der Waals surface area contributed by atoms with E-state index in [0.29, 0.717) is 5.57 Å². The summed E-state index contributed by atoms with van der Waals surface area (Å²) in [6.45, 7) is 1.58. The molecule has 0 aromatic heterocycles. The topological polar surface area (TPSA) is 72.2 Å². The molecule has 0 atom stereocenters. The highest BCUT2D eigenvalue weighted by molar-refractivity contribution is 6.69. The zero-order valence-corrected chi connectivity index (χ0v) is 5.74. The average molecular weight is 145 g/mol. The fourth-order valence-electron chi connectivity index (χ4n) is 0.256. The summed E-state index contributed by atoms with van der Waals surface area (Å²) >= 11 is 5.06. The summed E-state index contributed by atoms with van der Waals surface area (Å²) in [7, 11) is 0. The molecule has 0 radical (unpaired) electrons. The summed E-state index contributed by atoms with van der Waals surface area (Å²) in [4.78, 5) is 0. The van der Waals surface area contributed by atoms with Crippen molar-refractivity contribution in [3.05, 3.63) is 17.1 Å². The Morgan fingerprint density at radius 2 is 2.22 bits per heavy atom. The van der Waals surface area contributed by atoms with E-state index in [1.54, 1.807) is 6.92 Å². The van der Waals surface area contributed by atoms with Gasteiger partial charge in [0, 0.05) is 0 Å². The van der Waals surface area contributed by atoms with Crippen LogP contribution in [0.4, 0.5) is 0 Å². The van der Waals surface area contributed by atoms with Gasteiger partial charge in [0.1, 0.15) is 5.84 Å². The molecule has 4 heteroatoms. The molecule has 0 unspecified atom stereocenters. The maximum absolute atomic E-state index is 8.43. The lowest BCUT2D eigenvalue weighted by Gasteiger charge is -1.97. The highest BCUT2D eigenvalue weighted by atomic mass is 35.5. The molecule has 0 fully saturated rings. The first-order valence-electron chi connectivity index (χ1n) is 2.28. The van der Waals surface area contributed by atoms with Crippen LogP contribution in [0.2, 0.25) is 0 Å². The largest absolute Gasteiger partial charge is 0.794 e. The van der Waals surface area contributed by atoms with Gasteiger partial charge in [-0.1, -0.05) is 11.2 Å². The van der Waals surface area contributed by atoms with E-state index in [1.165, 1.54) is 6.08 Å². The maximum atomic E-state index is 8.43. The van der Waals surface area contributed by atoms with Gasteiger partial charge in [0.15, 0.2) is 0 Å². The molecule has 0 bridgehead atoms. The van der Waals surface area contributed by atoms with Crippen LogP contribution in [-0.4, -0.2) is 11.0 Å². The number of nitrogens with zero attached hydrogens (tertiary/aromatic N) is 1. The number of nitrogens with two attached hydrogens (primary N) is 1. The smallest absolute Gasteiger partial charge is 0.118 e. The minimum absolute atomic E-state index is 0.0952. The number of allylic oxidation sites excluding steroid dienone is 1. The molecule has 50 valence electrons. The molecule has 0 aliphatic carbocycles. The number of halogens is 1. The predicted octanol–water partition coefficient (Wildman–Crippen LogP) is 1.08. The molecule has 3 nitrogen and oxygen atoms in total. The van der Waals surface area contributed by atoms with E-state index in [-0.39, 0.29) is 11.0 Å². The van der Waals surface area contributed by atoms with E-state index in [9.17, 15) is 0 Å². The minimum atomic E-state index is -0.359. The molecule has 0 aliphatic rings. The van der Waals surface area contributed by atoms with Crippen molar-refractivity contribution >= 4 is 22.6 Å². The van der Waals surface area contributed by atoms with Gasteiger partial charge in [-0.15, -0.1) is 11.6 Å². The van der Waals surface area contributed by atoms with Gasteiger partial charge in [-0.05, 0) is 12.5 Å². The van der Waals surface area contributed by atoms with Crippen molar-refractivity contribution in [2.45, 2.75) is 6.92 Å². The highest BCUT2D eigenvalue weighted by Gasteiger charge is 1.88. The number of hydrogen-bond donors (Lipinski definition) is 2. The van der Waals surface area contributed by atoms with E-state index in [4.69, 9.17) is 28.2 Å². The predicted molar refractivity (Wildman–Crippen MR) is 39.9 cm³/mol. The third-order valence-electron chi connectivity index (χ3n) is 0.760. The van der Waals surface area contributed by atoms with Crippen molar-refractivity contribution in [2.24, 2.45) is 5.73 Å². The lowest BCUT2D eigenvalue weighted by molar-refractivity contribution is 1.40. The third-order valence-corrected chi connectivity index (χ3v) is 0.870. The monoisotopic (exact) mass is 144 g/mol. The lowest BCUT2D eigenvalue weighted by atomic mass is 10.3. The van der Waals surface area contributed by atoms with Gasteiger partial charge in [-0.3, -0.25) is 5.41 Å². The van der Waals surface area contributed by atoms with Crippen molar-refractivity contribution in [3.8, 4) is 0 Å². The minimum Gasteiger partial charge on any atom is -0.794 e. The average Bonchev–Trinajstić information content (AvgIpc) is 1.63. The Balaban J connectivity index is 4.17. The molecule has 0 amide bonds. The molecular formula is C5H7ClN3-. The summed E-state index contributed by atoms with van der Waals surface area (Å²) in [5.74, 6) is -0.0952. The van der Waals surface area contributed by atoms with E-state index < -0.39 is 0 Å². The second kappa shape index (κ2) is 3.25. The molecule has 0 saturated carbocycles. The first-order valence-corrected chi connectivity index (χ1v) is 2.66. The third kappa shape index (κ3) is 3.73. The Morgan fingerprint density at radius 1 is 1.78 bits per heavy atom. The number of nitrogens with one attached hydrogen (secondary N) is 1. The SMILES string of the molecule is C/C(=C/C(=[N-])Cl)C(=N)N. The van der Waals surface area contributed by atoms with E-state index in [1.807, 2.05) is 0 Å². The van der Waals surface area contributed by atoms with Crippen LogP contribution in [0.15, 0.2) is 11.6 Å². The Hall–Kier alpha value is -0.830. The van der Waals surface area contributed by atoms with Crippen LogP contribution in [0.3, 0.4) is 0 Å². The first kappa shape index (κ1) is 8.17. The van der Waals surface area contributed by atoms with E-state index in [0.717, 1.165) is 0 Å². The van der Waals surface area contributed by atoms with Gasteiger partial charge < -0.3 is 11.1 Å². The van der Waals surface area contributed by atoms with E-state index >= 15 is 0 Å². The summed E-state index contributed by atoms with van der Waals surface area (Å²) in [5.41, 5.74) is 5.46. The van der Waals surface area contributed by atoms with Crippen molar-refractivity contribution in [3.63, 3.8) is 0 Å². The molecular weight excluding hydrogens is 138 g/mol. The fourth-order valence-corrected chi connectivity index (χ4v) is 0.420. The Morgan fingerprint density at radius 3 is 2.33 bits per heavy atom. The molecule has 0 rings (SSSR count). The van der Waals surface area contributed by atoms with Crippen LogP contribution in [0, 0.1) is 5.41 Å². The Labute approximate surface area is 58.5 Å². The Kier molecular flexibility index (Phi) is 2.95. The number of amidine groups is 1. The van der Waals surface area contributed by atoms with Crippen LogP contribution < -0.4 is 5.73 Å². The van der Waals surface area contributed by atoms with Gasteiger partial charge in [0.05, 0.1) is 0 Å². The van der Waals surface area contributed by atoms with Crippen LogP contribution in [-0.2, 0) is 0 Å². The second-order valence-electron chi connectivity index (χ2n) is 1.56. The maximum Gasteiger partial charge on any atom is 0.118 e. The van der Waals surface area contributed by atoms with Gasteiger partial charge in [0.2, 0.25) is 0 Å². The van der Waals surface area contributed by atoms with Crippen LogP contribution in [0.5, 0.6) is 0 Å². The quantitative estimate of drug-likeness (QED) is 0.442. The molecule has 0 aromatic rings. The summed E-state index contributed by atoms with van der Waals surface area (Å²) in [6, 6.07) is 0. The van der Waals surface area contributed by atoms with Crippen LogP contribution >= 0.6 is 11.6 Å². The highest BCUT2D eigenvalue weighted by Crippen LogP contribution is 1.93. The molecule has 0 aliphatic heterocycles. The number of hydrogen-bond acceptors (Lipinski definition) is 1. The molecule has 0 spiro atoms. The molecule has 0 heterocycles. The van der Waals surface area contributed by atoms with Crippen molar-refractivity contribution < 1.29 is 0 Å². The standard InChI is InChI=1S/C5H7ClN3/c1-3(5(8)9)2-4(6)7/h2H,1H3,(H3,8,9)/q-1/b3-2-. The molecule has 9 heavy (non-hydrogen) atoms. The second-order valence-corrected chi connectivity index (χ2v) is 1.95. The van der Waals surface area contributed by atoms with E-state index in [2.05, 4.69) is 0 Å².